The number of nitrogens with one attached hydrogen (secondary N) is 1. The number of fused-ring (bicyclic) bond motifs is 1. The highest BCUT2D eigenvalue weighted by molar-refractivity contribution is 7.22. The Hall–Kier alpha value is -2.14. The average molecular weight is 244 g/mol. The van der Waals surface area contributed by atoms with Crippen LogP contribution in [0.2, 0.25) is 0 Å². The molecule has 5 heteroatoms. The lowest BCUT2D eigenvalue weighted by Crippen LogP contribution is -1.95. The fraction of sp³-hybridized carbons (Fsp3) is 0. The Bertz CT molecular complexity index is 666. The molecule has 0 atom stereocenters. The molecule has 84 valence electrons. The molecule has 0 aliphatic rings. The van der Waals surface area contributed by atoms with Crippen LogP contribution in [-0.2, 0) is 0 Å². The Morgan fingerprint density at radius 2 is 2.18 bits per heavy atom. The molecule has 4 nitrogen and oxygen atoms in total. The number of hydrogen-bond donors (Lipinski definition) is 2. The van der Waals surface area contributed by atoms with Gasteiger partial charge in [-0.15, -0.1) is 11.3 Å². The van der Waals surface area contributed by atoms with Crippen LogP contribution < -0.4 is 0 Å². The van der Waals surface area contributed by atoms with Crippen molar-refractivity contribution < 1.29 is 9.90 Å². The monoisotopic (exact) mass is 244 g/mol. The Labute approximate surface area is 101 Å². The minimum atomic E-state index is -0.966. The summed E-state index contributed by atoms with van der Waals surface area (Å²) in [4.78, 5) is 11.9. The third kappa shape index (κ3) is 1.60. The van der Waals surface area contributed by atoms with Gasteiger partial charge in [0, 0.05) is 4.70 Å². The summed E-state index contributed by atoms with van der Waals surface area (Å²) in [5, 5.41) is 16.7. The predicted molar refractivity (Wildman–Crippen MR) is 66.4 cm³/mol. The second-order valence-electron chi connectivity index (χ2n) is 3.61. The first kappa shape index (κ1) is 10.0. The second-order valence-corrected chi connectivity index (χ2v) is 4.70. The van der Waals surface area contributed by atoms with Crippen molar-refractivity contribution >= 4 is 27.4 Å². The Kier molecular flexibility index (Phi) is 2.19. The standard InChI is InChI=1S/C12H8N2O2S/c15-12(16)8-6-13-14-11(8)10-5-7-3-1-2-4-9(7)17-10/h1-6H,(H,13,14)(H,15,16). The zero-order valence-electron chi connectivity index (χ0n) is 8.68. The quantitative estimate of drug-likeness (QED) is 0.728. The van der Waals surface area contributed by atoms with E-state index in [1.807, 2.05) is 30.3 Å². The smallest absolute Gasteiger partial charge is 0.339 e. The number of carboxylic acid groups (broad SMARTS) is 1. The number of benzene rings is 1. The molecule has 1 aromatic carbocycles. The minimum absolute atomic E-state index is 0.205. The van der Waals surface area contributed by atoms with Gasteiger partial charge in [-0.3, -0.25) is 5.10 Å². The number of carbonyl (C=O) groups is 1. The normalized spacial score (nSPS) is 10.8. The van der Waals surface area contributed by atoms with E-state index in [0.29, 0.717) is 5.69 Å². The van der Waals surface area contributed by atoms with Gasteiger partial charge in [-0.25, -0.2) is 4.79 Å². The van der Waals surface area contributed by atoms with Gasteiger partial charge >= 0.3 is 5.97 Å². The highest BCUT2D eigenvalue weighted by Gasteiger charge is 2.15. The zero-order chi connectivity index (χ0) is 11.8. The van der Waals surface area contributed by atoms with Crippen molar-refractivity contribution in [3.8, 4) is 10.6 Å². The molecule has 0 aliphatic heterocycles. The van der Waals surface area contributed by atoms with Crippen LogP contribution in [0.15, 0.2) is 36.5 Å². The maximum Gasteiger partial charge on any atom is 0.339 e. The third-order valence-corrected chi connectivity index (χ3v) is 3.68. The van der Waals surface area contributed by atoms with Crippen molar-refractivity contribution in [3.05, 3.63) is 42.1 Å². The van der Waals surface area contributed by atoms with Crippen LogP contribution >= 0.6 is 11.3 Å². The molecule has 0 saturated carbocycles. The van der Waals surface area contributed by atoms with Gasteiger partial charge in [0.15, 0.2) is 0 Å². The molecular formula is C12H8N2O2S. The van der Waals surface area contributed by atoms with Crippen molar-refractivity contribution in [2.24, 2.45) is 0 Å². The predicted octanol–water partition coefficient (Wildman–Crippen LogP) is 2.99. The molecule has 0 radical (unpaired) electrons. The number of hydrogen-bond acceptors (Lipinski definition) is 3. The van der Waals surface area contributed by atoms with Crippen LogP contribution in [0, 0.1) is 0 Å². The molecule has 2 aromatic heterocycles. The van der Waals surface area contributed by atoms with Gasteiger partial charge in [-0.2, -0.15) is 5.10 Å². The van der Waals surface area contributed by atoms with Crippen molar-refractivity contribution in [1.82, 2.24) is 10.2 Å². The Morgan fingerprint density at radius 3 is 2.94 bits per heavy atom. The highest BCUT2D eigenvalue weighted by Crippen LogP contribution is 2.33. The van der Waals surface area contributed by atoms with E-state index in [1.54, 1.807) is 11.3 Å². The van der Waals surface area contributed by atoms with Crippen molar-refractivity contribution in [1.29, 1.82) is 0 Å². The molecule has 0 saturated heterocycles. The van der Waals surface area contributed by atoms with E-state index >= 15 is 0 Å². The number of aromatic nitrogens is 2. The first-order valence-corrected chi connectivity index (χ1v) is 5.83. The summed E-state index contributed by atoms with van der Waals surface area (Å²) in [6, 6.07) is 9.92. The van der Waals surface area contributed by atoms with Crippen LogP contribution in [0.25, 0.3) is 20.7 Å². The lowest BCUT2D eigenvalue weighted by Gasteiger charge is -1.93. The van der Waals surface area contributed by atoms with Crippen LogP contribution in [0.3, 0.4) is 0 Å². The molecule has 3 aromatic rings. The number of carboxylic acids is 1. The summed E-state index contributed by atoms with van der Waals surface area (Å²) in [6.07, 6.45) is 1.34. The molecule has 0 unspecified atom stereocenters. The molecule has 2 N–H and O–H groups in total. The number of rotatable bonds is 2. The molecule has 0 amide bonds. The van der Waals surface area contributed by atoms with Gasteiger partial charge in [0.1, 0.15) is 5.56 Å². The van der Waals surface area contributed by atoms with Gasteiger partial charge in [0.2, 0.25) is 0 Å². The summed E-state index contributed by atoms with van der Waals surface area (Å²) in [5.74, 6) is -0.966. The molecule has 0 spiro atoms. The number of thiophene rings is 1. The van der Waals surface area contributed by atoms with Crippen LogP contribution in [0.1, 0.15) is 10.4 Å². The van der Waals surface area contributed by atoms with E-state index in [2.05, 4.69) is 10.2 Å². The lowest BCUT2D eigenvalue weighted by atomic mass is 10.2. The number of nitrogens with zero attached hydrogens (tertiary/aromatic N) is 1. The summed E-state index contributed by atoms with van der Waals surface area (Å²) in [5.41, 5.74) is 0.773. The number of aromatic amines is 1. The Balaban J connectivity index is 2.20. The zero-order valence-corrected chi connectivity index (χ0v) is 9.49. The second kappa shape index (κ2) is 3.71. The van der Waals surface area contributed by atoms with Crippen molar-refractivity contribution in [3.63, 3.8) is 0 Å². The molecule has 0 bridgehead atoms. The van der Waals surface area contributed by atoms with Crippen LogP contribution in [-0.4, -0.2) is 21.3 Å². The largest absolute Gasteiger partial charge is 0.478 e. The number of H-pyrrole nitrogens is 1. The molecule has 0 fully saturated rings. The lowest BCUT2D eigenvalue weighted by molar-refractivity contribution is 0.0698. The van der Waals surface area contributed by atoms with E-state index < -0.39 is 5.97 Å². The van der Waals surface area contributed by atoms with E-state index in [1.165, 1.54) is 6.20 Å². The van der Waals surface area contributed by atoms with E-state index in [4.69, 9.17) is 5.11 Å². The fourth-order valence-electron chi connectivity index (χ4n) is 1.74. The van der Waals surface area contributed by atoms with Crippen molar-refractivity contribution in [2.45, 2.75) is 0 Å². The SMILES string of the molecule is O=C(O)c1cn[nH]c1-c1cc2ccccc2s1. The van der Waals surface area contributed by atoms with E-state index in [9.17, 15) is 4.79 Å². The summed E-state index contributed by atoms with van der Waals surface area (Å²) in [6.45, 7) is 0. The first-order valence-electron chi connectivity index (χ1n) is 5.01. The number of aromatic carboxylic acids is 1. The molecule has 3 rings (SSSR count). The van der Waals surface area contributed by atoms with Gasteiger partial charge in [0.25, 0.3) is 0 Å². The van der Waals surface area contributed by atoms with Crippen LogP contribution in [0.4, 0.5) is 0 Å². The molecule has 17 heavy (non-hydrogen) atoms. The average Bonchev–Trinajstić information content (AvgIpc) is 2.95. The van der Waals surface area contributed by atoms with Crippen molar-refractivity contribution in [2.75, 3.05) is 0 Å². The third-order valence-electron chi connectivity index (χ3n) is 2.54. The molecular weight excluding hydrogens is 236 g/mol. The van der Waals surface area contributed by atoms with E-state index in [0.717, 1.165) is 15.0 Å². The van der Waals surface area contributed by atoms with Crippen LogP contribution in [0.5, 0.6) is 0 Å². The van der Waals surface area contributed by atoms with Gasteiger partial charge in [-0.1, -0.05) is 18.2 Å². The minimum Gasteiger partial charge on any atom is -0.478 e. The topological polar surface area (TPSA) is 66.0 Å². The summed E-state index contributed by atoms with van der Waals surface area (Å²) in [7, 11) is 0. The molecule has 2 heterocycles. The highest BCUT2D eigenvalue weighted by atomic mass is 32.1. The summed E-state index contributed by atoms with van der Waals surface area (Å²) < 4.78 is 1.13. The van der Waals surface area contributed by atoms with E-state index in [-0.39, 0.29) is 5.56 Å². The van der Waals surface area contributed by atoms with Gasteiger partial charge in [-0.05, 0) is 17.5 Å². The van der Waals surface area contributed by atoms with Gasteiger partial charge < -0.3 is 5.11 Å². The maximum absolute atomic E-state index is 11.0. The maximum atomic E-state index is 11.0. The summed E-state index contributed by atoms with van der Waals surface area (Å²) >= 11 is 1.55. The first-order chi connectivity index (χ1) is 8.25. The fourth-order valence-corrected chi connectivity index (χ4v) is 2.81. The molecule has 0 aliphatic carbocycles. The Morgan fingerprint density at radius 1 is 1.35 bits per heavy atom. The van der Waals surface area contributed by atoms with Gasteiger partial charge in [0.05, 0.1) is 16.8 Å².